The molecule has 2 fully saturated rings. The first-order chi connectivity index (χ1) is 7.74. The fourth-order valence-corrected chi connectivity index (χ4v) is 3.21. The second-order valence-electron chi connectivity index (χ2n) is 5.46. The van der Waals surface area contributed by atoms with Gasteiger partial charge in [-0.3, -0.25) is 4.79 Å². The summed E-state index contributed by atoms with van der Waals surface area (Å²) < 4.78 is 0. The fraction of sp³-hybridized carbons (Fsp3) is 0.923. The van der Waals surface area contributed by atoms with E-state index in [1.807, 2.05) is 0 Å². The Balaban J connectivity index is 1.66. The summed E-state index contributed by atoms with van der Waals surface area (Å²) >= 11 is 0. The maximum atomic E-state index is 10.6. The molecule has 2 N–H and O–H groups in total. The fourth-order valence-electron chi connectivity index (χ4n) is 3.21. The van der Waals surface area contributed by atoms with Crippen molar-refractivity contribution in [2.45, 2.75) is 69.9 Å². The van der Waals surface area contributed by atoms with E-state index in [9.17, 15) is 4.79 Å². The second-order valence-corrected chi connectivity index (χ2v) is 5.46. The van der Waals surface area contributed by atoms with E-state index in [2.05, 4.69) is 5.32 Å². The highest BCUT2D eigenvalue weighted by molar-refractivity contribution is 5.67. The topological polar surface area (TPSA) is 49.3 Å². The van der Waals surface area contributed by atoms with Crippen molar-refractivity contribution in [3.05, 3.63) is 0 Å². The van der Waals surface area contributed by atoms with E-state index in [1.165, 1.54) is 38.5 Å². The summed E-state index contributed by atoms with van der Waals surface area (Å²) in [6.07, 6.45) is 10.4. The number of carboxylic acids is 1. The van der Waals surface area contributed by atoms with Gasteiger partial charge in [0.05, 0.1) is 0 Å². The quantitative estimate of drug-likeness (QED) is 0.773. The van der Waals surface area contributed by atoms with Gasteiger partial charge in [-0.25, -0.2) is 0 Å². The van der Waals surface area contributed by atoms with Crippen LogP contribution < -0.4 is 5.32 Å². The first-order valence-electron chi connectivity index (χ1n) is 6.72. The molecule has 0 heterocycles. The summed E-state index contributed by atoms with van der Waals surface area (Å²) in [5.41, 5.74) is 0. The van der Waals surface area contributed by atoms with Crippen molar-refractivity contribution >= 4 is 5.97 Å². The van der Waals surface area contributed by atoms with Crippen molar-refractivity contribution in [1.29, 1.82) is 0 Å². The summed E-state index contributed by atoms with van der Waals surface area (Å²) in [5, 5.41) is 12.5. The van der Waals surface area contributed by atoms with E-state index in [-0.39, 0.29) is 0 Å². The van der Waals surface area contributed by atoms with Crippen LogP contribution in [0.4, 0.5) is 0 Å². The molecule has 2 saturated carbocycles. The van der Waals surface area contributed by atoms with Crippen molar-refractivity contribution in [3.63, 3.8) is 0 Å². The molecule has 2 aliphatic rings. The lowest BCUT2D eigenvalue weighted by atomic mass is 9.84. The molecule has 92 valence electrons. The van der Waals surface area contributed by atoms with Crippen LogP contribution in [0.25, 0.3) is 0 Å². The summed E-state index contributed by atoms with van der Waals surface area (Å²) in [4.78, 5) is 10.6. The van der Waals surface area contributed by atoms with Crippen molar-refractivity contribution < 1.29 is 9.90 Å². The molecule has 16 heavy (non-hydrogen) atoms. The predicted molar refractivity (Wildman–Crippen MR) is 63.4 cm³/mol. The number of nitrogens with one attached hydrogen (secondary N) is 1. The van der Waals surface area contributed by atoms with Gasteiger partial charge in [0.2, 0.25) is 0 Å². The molecule has 0 atom stereocenters. The highest BCUT2D eigenvalue weighted by Gasteiger charge is 2.25. The summed E-state index contributed by atoms with van der Waals surface area (Å²) in [6, 6.07) is 1.41. The Hall–Kier alpha value is -0.570. The Kier molecular flexibility index (Phi) is 4.22. The number of aliphatic carboxylic acids is 1. The van der Waals surface area contributed by atoms with Gasteiger partial charge in [-0.15, -0.1) is 0 Å². The zero-order chi connectivity index (χ0) is 11.4. The number of hydrogen-bond donors (Lipinski definition) is 2. The molecule has 0 unspecified atom stereocenters. The molecule has 2 rings (SSSR count). The summed E-state index contributed by atoms with van der Waals surface area (Å²) in [7, 11) is 0. The molecule has 0 aliphatic heterocycles. The van der Waals surface area contributed by atoms with Gasteiger partial charge >= 0.3 is 5.97 Å². The molecule has 0 radical (unpaired) electrons. The molecule has 0 amide bonds. The van der Waals surface area contributed by atoms with Crippen LogP contribution in [0.3, 0.4) is 0 Å². The summed E-state index contributed by atoms with van der Waals surface area (Å²) in [6.45, 7) is 0. The summed E-state index contributed by atoms with van der Waals surface area (Å²) in [5.74, 6) is -0.202. The van der Waals surface area contributed by atoms with Crippen LogP contribution in [-0.4, -0.2) is 23.2 Å². The van der Waals surface area contributed by atoms with E-state index in [4.69, 9.17) is 5.11 Å². The van der Waals surface area contributed by atoms with E-state index >= 15 is 0 Å². The molecule has 3 nitrogen and oxygen atoms in total. The molecule has 0 saturated heterocycles. The third kappa shape index (κ3) is 3.48. The van der Waals surface area contributed by atoms with Gasteiger partial charge in [-0.2, -0.15) is 0 Å². The molecule has 2 aliphatic carbocycles. The third-order valence-corrected chi connectivity index (χ3v) is 4.14. The maximum Gasteiger partial charge on any atom is 0.303 e. The molecule has 0 bridgehead atoms. The average Bonchev–Trinajstić information content (AvgIpc) is 2.73. The molecular weight excluding hydrogens is 202 g/mol. The molecular formula is C13H23NO2. The third-order valence-electron chi connectivity index (χ3n) is 4.14. The van der Waals surface area contributed by atoms with Gasteiger partial charge in [0.25, 0.3) is 0 Å². The molecule has 0 aromatic carbocycles. The number of carboxylic acid groups (broad SMARTS) is 1. The Morgan fingerprint density at radius 3 is 2.12 bits per heavy atom. The van der Waals surface area contributed by atoms with Crippen molar-refractivity contribution in [2.24, 2.45) is 5.92 Å². The minimum Gasteiger partial charge on any atom is -0.481 e. The van der Waals surface area contributed by atoms with E-state index in [1.54, 1.807) is 0 Å². The Morgan fingerprint density at radius 2 is 1.56 bits per heavy atom. The Morgan fingerprint density at radius 1 is 1.00 bits per heavy atom. The van der Waals surface area contributed by atoms with Crippen LogP contribution in [0.5, 0.6) is 0 Å². The Labute approximate surface area is 97.6 Å². The number of hydrogen-bond acceptors (Lipinski definition) is 2. The average molecular weight is 225 g/mol. The molecule has 3 heteroatoms. The largest absolute Gasteiger partial charge is 0.481 e. The van der Waals surface area contributed by atoms with Gasteiger partial charge in [-0.05, 0) is 44.4 Å². The van der Waals surface area contributed by atoms with Crippen molar-refractivity contribution in [2.75, 3.05) is 0 Å². The van der Waals surface area contributed by atoms with Gasteiger partial charge in [0.1, 0.15) is 0 Å². The van der Waals surface area contributed by atoms with Crippen LogP contribution in [0.15, 0.2) is 0 Å². The standard InChI is InChI=1S/C13H23NO2/c15-13(16)9-10-5-7-12(8-6-10)14-11-3-1-2-4-11/h10-12,14H,1-9H2,(H,15,16). The van der Waals surface area contributed by atoms with Crippen LogP contribution in [0.2, 0.25) is 0 Å². The SMILES string of the molecule is O=C(O)CC1CCC(NC2CCCC2)CC1. The van der Waals surface area contributed by atoms with Crippen LogP contribution >= 0.6 is 0 Å². The zero-order valence-corrected chi connectivity index (χ0v) is 9.95. The predicted octanol–water partition coefficient (Wildman–Crippen LogP) is 2.55. The minimum atomic E-state index is -0.632. The van der Waals surface area contributed by atoms with Gasteiger partial charge in [0, 0.05) is 18.5 Å². The van der Waals surface area contributed by atoms with Gasteiger partial charge in [-0.1, -0.05) is 12.8 Å². The zero-order valence-electron chi connectivity index (χ0n) is 9.95. The molecule has 0 aromatic rings. The maximum absolute atomic E-state index is 10.6. The number of rotatable bonds is 4. The lowest BCUT2D eigenvalue weighted by Gasteiger charge is -2.30. The van der Waals surface area contributed by atoms with Crippen LogP contribution in [-0.2, 0) is 4.79 Å². The molecule has 0 aromatic heterocycles. The smallest absolute Gasteiger partial charge is 0.303 e. The highest BCUT2D eigenvalue weighted by atomic mass is 16.4. The lowest BCUT2D eigenvalue weighted by molar-refractivity contribution is -0.138. The van der Waals surface area contributed by atoms with Crippen molar-refractivity contribution in [1.82, 2.24) is 5.32 Å². The number of carbonyl (C=O) groups is 1. The van der Waals surface area contributed by atoms with Gasteiger partial charge < -0.3 is 10.4 Å². The second kappa shape index (κ2) is 5.67. The van der Waals surface area contributed by atoms with E-state index in [0.29, 0.717) is 18.4 Å². The minimum absolute atomic E-state index is 0.371. The van der Waals surface area contributed by atoms with E-state index < -0.39 is 5.97 Å². The van der Waals surface area contributed by atoms with Gasteiger partial charge in [0.15, 0.2) is 0 Å². The Bertz CT molecular complexity index is 228. The lowest BCUT2D eigenvalue weighted by Crippen LogP contribution is -2.39. The normalized spacial score (nSPS) is 31.8. The highest BCUT2D eigenvalue weighted by Crippen LogP contribution is 2.28. The van der Waals surface area contributed by atoms with Crippen LogP contribution in [0.1, 0.15) is 57.8 Å². The van der Waals surface area contributed by atoms with Crippen molar-refractivity contribution in [3.8, 4) is 0 Å². The monoisotopic (exact) mass is 225 g/mol. The van der Waals surface area contributed by atoms with E-state index in [0.717, 1.165) is 18.9 Å². The first kappa shape index (κ1) is 11.9. The molecule has 0 spiro atoms. The van der Waals surface area contributed by atoms with Crippen LogP contribution in [0, 0.1) is 5.92 Å². The first-order valence-corrected chi connectivity index (χ1v) is 6.72.